The van der Waals surface area contributed by atoms with Gasteiger partial charge in [-0.2, -0.15) is 0 Å². The van der Waals surface area contributed by atoms with Crippen LogP contribution in [0.4, 0.5) is 0 Å². The summed E-state index contributed by atoms with van der Waals surface area (Å²) in [6.45, 7) is 2.11. The molecule has 0 bridgehead atoms. The minimum absolute atomic E-state index is 0.0171. The van der Waals surface area contributed by atoms with Gasteiger partial charge in [0.1, 0.15) is 5.75 Å². The van der Waals surface area contributed by atoms with E-state index in [1.165, 1.54) is 0 Å². The Hall–Kier alpha value is -1.89. The molecule has 140 valence electrons. The summed E-state index contributed by atoms with van der Waals surface area (Å²) in [4.78, 5) is 12.8. The predicted molar refractivity (Wildman–Crippen MR) is 103 cm³/mol. The fourth-order valence-electron chi connectivity index (χ4n) is 4.18. The second kappa shape index (κ2) is 6.62. The van der Waals surface area contributed by atoms with Gasteiger partial charge in [0.2, 0.25) is 0 Å². The van der Waals surface area contributed by atoms with Crippen molar-refractivity contribution in [3.8, 4) is 5.75 Å². The zero-order chi connectivity index (χ0) is 18.5. The van der Waals surface area contributed by atoms with Gasteiger partial charge >= 0.3 is 0 Å². The molecule has 2 heterocycles. The van der Waals surface area contributed by atoms with Crippen molar-refractivity contribution in [2.45, 2.75) is 18.1 Å². The van der Waals surface area contributed by atoms with Crippen molar-refractivity contribution in [2.75, 3.05) is 19.8 Å². The van der Waals surface area contributed by atoms with Gasteiger partial charge in [0, 0.05) is 34.9 Å². The van der Waals surface area contributed by atoms with E-state index in [1.807, 2.05) is 30.3 Å². The van der Waals surface area contributed by atoms with Crippen LogP contribution >= 0.6 is 15.9 Å². The van der Waals surface area contributed by atoms with E-state index in [4.69, 9.17) is 9.47 Å². The first-order chi connectivity index (χ1) is 13.1. The standard InChI is InChI=1S/C21H20BrNO4/c22-16-7-12(21(25)23-19-14-8-26-9-15(14)19)6-13(20(16)24)18(17-10-27-17)11-4-2-1-3-5-11/h1-7,14-15,17-19,24H,8-10H2,(H,23,25)/t14-,15+,17?,18?,19?. The highest BCUT2D eigenvalue weighted by Gasteiger charge is 2.54. The van der Waals surface area contributed by atoms with E-state index >= 15 is 0 Å². The van der Waals surface area contributed by atoms with E-state index in [1.54, 1.807) is 12.1 Å². The van der Waals surface area contributed by atoms with Crippen LogP contribution in [0.25, 0.3) is 0 Å². The minimum atomic E-state index is -0.111. The van der Waals surface area contributed by atoms with Gasteiger partial charge < -0.3 is 19.9 Å². The van der Waals surface area contributed by atoms with E-state index in [-0.39, 0.29) is 29.7 Å². The van der Waals surface area contributed by atoms with Crippen LogP contribution < -0.4 is 5.32 Å². The Morgan fingerprint density at radius 3 is 2.52 bits per heavy atom. The molecule has 5 rings (SSSR count). The summed E-state index contributed by atoms with van der Waals surface area (Å²) in [6.07, 6.45) is 0.0171. The zero-order valence-corrected chi connectivity index (χ0v) is 16.2. The number of nitrogens with one attached hydrogen (secondary N) is 1. The number of benzene rings is 2. The van der Waals surface area contributed by atoms with Gasteiger partial charge in [0.05, 0.1) is 30.4 Å². The first kappa shape index (κ1) is 17.2. The van der Waals surface area contributed by atoms with Crippen LogP contribution in [-0.2, 0) is 9.47 Å². The average Bonchev–Trinajstić information content (AvgIpc) is 3.57. The number of rotatable bonds is 5. The summed E-state index contributed by atoms with van der Waals surface area (Å²) < 4.78 is 11.5. The number of carbonyl (C=O) groups is 1. The molecule has 3 unspecified atom stereocenters. The SMILES string of the molecule is O=C(NC1[C@H]2COC[C@@H]12)c1cc(Br)c(O)c(C(c2ccccc2)C2CO2)c1. The van der Waals surface area contributed by atoms with Crippen molar-refractivity contribution in [2.24, 2.45) is 11.8 Å². The van der Waals surface area contributed by atoms with Crippen molar-refractivity contribution in [1.29, 1.82) is 0 Å². The van der Waals surface area contributed by atoms with E-state index < -0.39 is 0 Å². The van der Waals surface area contributed by atoms with Gasteiger partial charge in [-0.05, 0) is 33.6 Å². The Bertz CT molecular complexity index is 873. The van der Waals surface area contributed by atoms with Crippen LogP contribution in [0.3, 0.4) is 0 Å². The smallest absolute Gasteiger partial charge is 0.251 e. The number of phenolic OH excluding ortho intramolecular Hbond substituents is 1. The van der Waals surface area contributed by atoms with E-state index in [0.717, 1.165) is 18.8 Å². The fourth-order valence-corrected chi connectivity index (χ4v) is 4.66. The molecule has 2 aromatic rings. The molecule has 3 aliphatic rings. The molecule has 3 fully saturated rings. The molecule has 1 amide bonds. The van der Waals surface area contributed by atoms with Crippen LogP contribution in [0.5, 0.6) is 5.75 Å². The quantitative estimate of drug-likeness (QED) is 0.716. The van der Waals surface area contributed by atoms with Crippen LogP contribution in [-0.4, -0.2) is 43.0 Å². The van der Waals surface area contributed by atoms with Crippen LogP contribution in [0, 0.1) is 11.8 Å². The molecule has 1 aliphatic carbocycles. The largest absolute Gasteiger partial charge is 0.506 e. The van der Waals surface area contributed by atoms with Gasteiger partial charge in [-0.3, -0.25) is 4.79 Å². The average molecular weight is 430 g/mol. The Morgan fingerprint density at radius 1 is 1.15 bits per heavy atom. The van der Waals surface area contributed by atoms with E-state index in [9.17, 15) is 9.90 Å². The molecule has 1 saturated carbocycles. The Kier molecular flexibility index (Phi) is 4.22. The van der Waals surface area contributed by atoms with Gasteiger partial charge in [-0.1, -0.05) is 30.3 Å². The Balaban J connectivity index is 1.46. The number of carbonyl (C=O) groups excluding carboxylic acids is 1. The van der Waals surface area contributed by atoms with E-state index in [0.29, 0.717) is 34.0 Å². The van der Waals surface area contributed by atoms with Crippen molar-refractivity contribution in [3.63, 3.8) is 0 Å². The highest BCUT2D eigenvalue weighted by atomic mass is 79.9. The summed E-state index contributed by atoms with van der Waals surface area (Å²) in [5.74, 6) is 0.841. The monoisotopic (exact) mass is 429 g/mol. The topological polar surface area (TPSA) is 71.1 Å². The van der Waals surface area contributed by atoms with Crippen LogP contribution in [0.2, 0.25) is 0 Å². The zero-order valence-electron chi connectivity index (χ0n) is 14.6. The molecule has 2 aliphatic heterocycles. The highest BCUT2D eigenvalue weighted by Crippen LogP contribution is 2.45. The van der Waals surface area contributed by atoms with Crippen molar-refractivity contribution < 1.29 is 19.4 Å². The third-order valence-electron chi connectivity index (χ3n) is 5.83. The number of phenols is 1. The maximum Gasteiger partial charge on any atom is 0.251 e. The van der Waals surface area contributed by atoms with Gasteiger partial charge in [0.25, 0.3) is 5.91 Å². The maximum absolute atomic E-state index is 12.8. The molecule has 2 aromatic carbocycles. The Labute approximate surface area is 165 Å². The molecule has 2 saturated heterocycles. The van der Waals surface area contributed by atoms with Crippen LogP contribution in [0.15, 0.2) is 46.9 Å². The number of aromatic hydroxyl groups is 1. The molecular weight excluding hydrogens is 410 g/mol. The fraction of sp³-hybridized carbons (Fsp3) is 0.381. The molecular formula is C21H20BrNO4. The molecule has 0 spiro atoms. The lowest BCUT2D eigenvalue weighted by molar-refractivity contribution is 0.0928. The van der Waals surface area contributed by atoms with Crippen molar-refractivity contribution in [3.05, 3.63) is 63.6 Å². The molecule has 0 radical (unpaired) electrons. The molecule has 5 atom stereocenters. The molecule has 27 heavy (non-hydrogen) atoms. The Morgan fingerprint density at radius 2 is 1.85 bits per heavy atom. The predicted octanol–water partition coefficient (Wildman–Crippen LogP) is 3.06. The second-order valence-corrected chi connectivity index (χ2v) is 8.37. The number of hydrogen-bond acceptors (Lipinski definition) is 4. The molecule has 5 nitrogen and oxygen atoms in total. The summed E-state index contributed by atoms with van der Waals surface area (Å²) in [5.41, 5.74) is 2.32. The molecule has 2 N–H and O–H groups in total. The summed E-state index contributed by atoms with van der Waals surface area (Å²) in [6, 6.07) is 13.6. The maximum atomic E-state index is 12.8. The third-order valence-corrected chi connectivity index (χ3v) is 6.43. The highest BCUT2D eigenvalue weighted by molar-refractivity contribution is 9.10. The third kappa shape index (κ3) is 3.16. The van der Waals surface area contributed by atoms with E-state index in [2.05, 4.69) is 21.2 Å². The van der Waals surface area contributed by atoms with Crippen molar-refractivity contribution >= 4 is 21.8 Å². The van der Waals surface area contributed by atoms with Gasteiger partial charge in [-0.15, -0.1) is 0 Å². The number of halogens is 1. The lowest BCUT2D eigenvalue weighted by Crippen LogP contribution is -2.30. The lowest BCUT2D eigenvalue weighted by Gasteiger charge is -2.19. The molecule has 0 aromatic heterocycles. The minimum Gasteiger partial charge on any atom is -0.506 e. The second-order valence-electron chi connectivity index (χ2n) is 7.52. The lowest BCUT2D eigenvalue weighted by atomic mass is 9.87. The number of ether oxygens (including phenoxy) is 2. The first-order valence-electron chi connectivity index (χ1n) is 9.21. The normalized spacial score (nSPS) is 29.1. The number of fused-ring (bicyclic) bond motifs is 1. The van der Waals surface area contributed by atoms with Crippen molar-refractivity contribution in [1.82, 2.24) is 5.32 Å². The summed E-state index contributed by atoms with van der Waals surface area (Å²) >= 11 is 3.42. The van der Waals surface area contributed by atoms with Gasteiger partial charge in [0.15, 0.2) is 0 Å². The summed E-state index contributed by atoms with van der Waals surface area (Å²) in [7, 11) is 0. The van der Waals surface area contributed by atoms with Gasteiger partial charge in [-0.25, -0.2) is 0 Å². The molecule has 6 heteroatoms. The first-order valence-corrected chi connectivity index (χ1v) is 10.0. The van der Waals surface area contributed by atoms with Crippen LogP contribution in [0.1, 0.15) is 27.4 Å². The number of hydrogen-bond donors (Lipinski definition) is 2. The number of epoxide rings is 1. The summed E-state index contributed by atoms with van der Waals surface area (Å²) in [5, 5.41) is 13.8. The number of amides is 1.